The van der Waals surface area contributed by atoms with Gasteiger partial charge in [0.15, 0.2) is 0 Å². The summed E-state index contributed by atoms with van der Waals surface area (Å²) in [6, 6.07) is 10.6. The van der Waals surface area contributed by atoms with Crippen LogP contribution >= 0.6 is 0 Å². The third kappa shape index (κ3) is 3.15. The van der Waals surface area contributed by atoms with E-state index >= 15 is 0 Å². The fraction of sp³-hybridized carbons (Fsp3) is 0.609. The molecule has 5 aliphatic rings. The van der Waals surface area contributed by atoms with E-state index in [9.17, 15) is 4.79 Å². The topological polar surface area (TPSA) is 72.8 Å². The number of hydrogen-bond acceptors (Lipinski definition) is 6. The maximum Gasteiger partial charge on any atom is 0.243 e. The SMILES string of the molecule is CN1C(=O)C2C(=Nc3ccccc3)NN(CC3CCOCC3)C2N2C1=N[C@@H]1CCC[C@@H]12. The second-order valence-electron chi connectivity index (χ2n) is 9.34. The Kier molecular flexibility index (Phi) is 4.72. The molecule has 164 valence electrons. The molecule has 2 unspecified atom stereocenters. The van der Waals surface area contributed by atoms with Crippen LogP contribution in [0.2, 0.25) is 0 Å². The third-order valence-electron chi connectivity index (χ3n) is 7.47. The minimum absolute atomic E-state index is 0.0687. The smallest absolute Gasteiger partial charge is 0.243 e. The normalized spacial score (nSPS) is 34.5. The summed E-state index contributed by atoms with van der Waals surface area (Å²) in [6.07, 6.45) is 5.50. The van der Waals surface area contributed by atoms with E-state index in [-0.39, 0.29) is 18.0 Å². The van der Waals surface area contributed by atoms with E-state index in [4.69, 9.17) is 14.7 Å². The first-order chi connectivity index (χ1) is 15.2. The van der Waals surface area contributed by atoms with Gasteiger partial charge in [-0.15, -0.1) is 0 Å². The van der Waals surface area contributed by atoms with Crippen LogP contribution < -0.4 is 5.43 Å². The molecule has 0 aromatic heterocycles. The minimum Gasteiger partial charge on any atom is -0.381 e. The summed E-state index contributed by atoms with van der Waals surface area (Å²) in [5.74, 6) is 1.90. The number of carbonyl (C=O) groups is 1. The fourth-order valence-electron chi connectivity index (χ4n) is 5.90. The highest BCUT2D eigenvalue weighted by Gasteiger charge is 2.58. The van der Waals surface area contributed by atoms with Crippen LogP contribution in [0.4, 0.5) is 5.69 Å². The molecule has 8 heteroatoms. The zero-order valence-electron chi connectivity index (χ0n) is 18.0. The lowest BCUT2D eigenvalue weighted by atomic mass is 9.96. The zero-order valence-corrected chi connectivity index (χ0v) is 18.0. The molecule has 8 nitrogen and oxygen atoms in total. The molecule has 1 aliphatic carbocycles. The van der Waals surface area contributed by atoms with Crippen molar-refractivity contribution in [1.82, 2.24) is 20.2 Å². The van der Waals surface area contributed by atoms with Crippen LogP contribution in [-0.2, 0) is 9.53 Å². The van der Waals surface area contributed by atoms with Gasteiger partial charge in [0, 0.05) is 26.8 Å². The Morgan fingerprint density at radius 2 is 1.97 bits per heavy atom. The van der Waals surface area contributed by atoms with Gasteiger partial charge in [-0.25, -0.2) is 9.98 Å². The summed E-state index contributed by atoms with van der Waals surface area (Å²) < 4.78 is 5.58. The Balaban J connectivity index is 1.39. The Bertz CT molecular complexity index is 912. The number of amides is 1. The Hall–Kier alpha value is -2.45. The summed E-state index contributed by atoms with van der Waals surface area (Å²) in [4.78, 5) is 27.6. The lowest BCUT2D eigenvalue weighted by Crippen LogP contribution is -2.65. The van der Waals surface area contributed by atoms with Gasteiger partial charge in [0.05, 0.1) is 17.8 Å². The van der Waals surface area contributed by atoms with Gasteiger partial charge in [0.2, 0.25) is 11.9 Å². The van der Waals surface area contributed by atoms with E-state index in [1.165, 1.54) is 6.42 Å². The second-order valence-corrected chi connectivity index (χ2v) is 9.34. The molecule has 4 fully saturated rings. The van der Waals surface area contributed by atoms with Crippen LogP contribution in [0.3, 0.4) is 0 Å². The molecule has 3 saturated heterocycles. The van der Waals surface area contributed by atoms with Gasteiger partial charge in [-0.05, 0) is 50.2 Å². The second kappa shape index (κ2) is 7.60. The minimum atomic E-state index is -0.330. The van der Waals surface area contributed by atoms with E-state index in [0.717, 1.165) is 62.9 Å². The van der Waals surface area contributed by atoms with Crippen molar-refractivity contribution in [3.8, 4) is 0 Å². The highest BCUT2D eigenvalue weighted by Crippen LogP contribution is 2.41. The van der Waals surface area contributed by atoms with Gasteiger partial charge in [-0.3, -0.25) is 9.69 Å². The number of ether oxygens (including phenoxy) is 1. The van der Waals surface area contributed by atoms with Gasteiger partial charge in [-0.1, -0.05) is 18.2 Å². The van der Waals surface area contributed by atoms with E-state index in [0.29, 0.717) is 18.0 Å². The van der Waals surface area contributed by atoms with Crippen LogP contribution in [0.5, 0.6) is 0 Å². The monoisotopic (exact) mass is 422 g/mol. The number of rotatable bonds is 3. The maximum atomic E-state index is 13.6. The molecule has 1 amide bonds. The van der Waals surface area contributed by atoms with E-state index in [1.54, 1.807) is 4.90 Å². The first-order valence-electron chi connectivity index (χ1n) is 11.6. The first kappa shape index (κ1) is 19.3. The van der Waals surface area contributed by atoms with Crippen LogP contribution in [0.15, 0.2) is 40.3 Å². The van der Waals surface area contributed by atoms with Crippen molar-refractivity contribution >= 4 is 23.4 Å². The highest BCUT2D eigenvalue weighted by atomic mass is 16.5. The van der Waals surface area contributed by atoms with Crippen molar-refractivity contribution in [3.63, 3.8) is 0 Å². The summed E-state index contributed by atoms with van der Waals surface area (Å²) >= 11 is 0. The molecule has 31 heavy (non-hydrogen) atoms. The van der Waals surface area contributed by atoms with Crippen LogP contribution in [0.25, 0.3) is 0 Å². The van der Waals surface area contributed by atoms with E-state index < -0.39 is 0 Å². The molecule has 0 bridgehead atoms. The van der Waals surface area contributed by atoms with E-state index in [1.807, 2.05) is 37.4 Å². The standard InChI is InChI=1S/C23H30N6O2/c1-27-22(30)19-20(24-16-6-3-2-4-7-16)26-28(14-15-10-12-31-13-11-15)21(19)29-18-9-5-8-17(18)25-23(27)29/h2-4,6-7,15,17-19,21H,5,8-14H2,1H3,(H,24,26)/t17-,18+,19?,21?/m1/s1. The van der Waals surface area contributed by atoms with Crippen molar-refractivity contribution in [2.24, 2.45) is 21.8 Å². The van der Waals surface area contributed by atoms with Crippen LogP contribution in [0.1, 0.15) is 32.1 Å². The number of benzene rings is 1. The Labute approximate surface area is 182 Å². The summed E-state index contributed by atoms with van der Waals surface area (Å²) in [5, 5.41) is 2.28. The average molecular weight is 423 g/mol. The zero-order chi connectivity index (χ0) is 20.9. The number of carbonyl (C=O) groups excluding carboxylic acids is 1. The fourth-order valence-corrected chi connectivity index (χ4v) is 5.90. The number of para-hydroxylation sites is 1. The number of guanidine groups is 1. The van der Waals surface area contributed by atoms with Crippen molar-refractivity contribution in [3.05, 3.63) is 30.3 Å². The summed E-state index contributed by atoms with van der Waals surface area (Å²) in [6.45, 7) is 2.53. The maximum absolute atomic E-state index is 13.6. The van der Waals surface area contributed by atoms with Gasteiger partial charge in [0.25, 0.3) is 0 Å². The largest absolute Gasteiger partial charge is 0.381 e. The lowest BCUT2D eigenvalue weighted by molar-refractivity contribution is -0.135. The van der Waals surface area contributed by atoms with Crippen molar-refractivity contribution < 1.29 is 9.53 Å². The molecule has 4 atom stereocenters. The van der Waals surface area contributed by atoms with E-state index in [2.05, 4.69) is 15.3 Å². The molecular formula is C23H30N6O2. The highest BCUT2D eigenvalue weighted by molar-refractivity contribution is 6.13. The number of nitrogens with one attached hydrogen (secondary N) is 1. The predicted octanol–water partition coefficient (Wildman–Crippen LogP) is 1.97. The molecule has 1 saturated carbocycles. The lowest BCUT2D eigenvalue weighted by Gasteiger charge is -2.45. The quantitative estimate of drug-likeness (QED) is 0.806. The van der Waals surface area contributed by atoms with Gasteiger partial charge in [0.1, 0.15) is 17.9 Å². The molecule has 1 N–H and O–H groups in total. The van der Waals surface area contributed by atoms with Gasteiger partial charge < -0.3 is 15.1 Å². The predicted molar refractivity (Wildman–Crippen MR) is 118 cm³/mol. The molecule has 0 radical (unpaired) electrons. The third-order valence-corrected chi connectivity index (χ3v) is 7.47. The molecule has 4 heterocycles. The Morgan fingerprint density at radius 1 is 1.16 bits per heavy atom. The summed E-state index contributed by atoms with van der Waals surface area (Å²) in [7, 11) is 1.87. The number of nitrogens with zero attached hydrogens (tertiary/aromatic N) is 5. The molecule has 6 rings (SSSR count). The molecular weight excluding hydrogens is 392 g/mol. The Morgan fingerprint density at radius 3 is 2.77 bits per heavy atom. The van der Waals surface area contributed by atoms with Crippen LogP contribution in [-0.4, -0.2) is 77.6 Å². The molecule has 1 aromatic carbocycles. The molecule has 1 aromatic rings. The van der Waals surface area contributed by atoms with Crippen LogP contribution in [0, 0.1) is 11.8 Å². The number of hydrogen-bond donors (Lipinski definition) is 1. The number of fused-ring (bicyclic) bond motifs is 5. The van der Waals surface area contributed by atoms with Crippen molar-refractivity contribution in [1.29, 1.82) is 0 Å². The molecule has 4 aliphatic heterocycles. The number of hydrazine groups is 1. The summed E-state index contributed by atoms with van der Waals surface area (Å²) in [5.41, 5.74) is 4.44. The van der Waals surface area contributed by atoms with Crippen molar-refractivity contribution in [2.75, 3.05) is 26.8 Å². The van der Waals surface area contributed by atoms with Gasteiger partial charge >= 0.3 is 0 Å². The molecule has 0 spiro atoms. The van der Waals surface area contributed by atoms with Crippen molar-refractivity contribution in [2.45, 2.75) is 50.4 Å². The number of aliphatic imine (C=N–C) groups is 2. The van der Waals surface area contributed by atoms with Gasteiger partial charge in [-0.2, -0.15) is 5.01 Å². The average Bonchev–Trinajstić information content (AvgIpc) is 3.47. The first-order valence-corrected chi connectivity index (χ1v) is 11.6. The number of amidine groups is 1.